The molecule has 0 unspecified atom stereocenters. The van der Waals surface area contributed by atoms with Crippen molar-refractivity contribution in [2.75, 3.05) is 13.1 Å². The van der Waals surface area contributed by atoms with Gasteiger partial charge in [-0.3, -0.25) is 4.79 Å². The lowest BCUT2D eigenvalue weighted by Crippen LogP contribution is -2.29. The molecule has 4 heteroatoms. The Morgan fingerprint density at radius 1 is 1.00 bits per heavy atom. The van der Waals surface area contributed by atoms with Gasteiger partial charge in [0.25, 0.3) is 0 Å². The van der Waals surface area contributed by atoms with Gasteiger partial charge in [0.15, 0.2) is 0 Å². The number of carbonyl (C=O) groups is 1. The Hall–Kier alpha value is -0.610. The molecule has 0 radical (unpaired) electrons. The van der Waals surface area contributed by atoms with Crippen LogP contribution in [0.5, 0.6) is 0 Å². The summed E-state index contributed by atoms with van der Waals surface area (Å²) in [7, 11) is 0. The molecule has 1 heterocycles. The monoisotopic (exact) mass is 257 g/mol. The molecule has 1 fully saturated rings. The van der Waals surface area contributed by atoms with Gasteiger partial charge in [-0.2, -0.15) is 0 Å². The zero-order valence-corrected chi connectivity index (χ0v) is 11.5. The molecule has 1 aliphatic rings. The molecule has 1 aliphatic heterocycles. The molecule has 2 N–H and O–H groups in total. The third kappa shape index (κ3) is 5.36. The van der Waals surface area contributed by atoms with Gasteiger partial charge in [-0.15, -0.1) is 0 Å². The number of rotatable bonds is 8. The second kappa shape index (κ2) is 8.48. The molecule has 106 valence electrons. The van der Waals surface area contributed by atoms with Crippen molar-refractivity contribution in [3.63, 3.8) is 0 Å². The van der Waals surface area contributed by atoms with Gasteiger partial charge >= 0.3 is 0 Å². The standard InChI is InChI=1S/C14H27NO3/c1-2-3-4-5-6-7-8-9-14(18)15-10-12(16)13(17)11-15/h12-13,16-17H,2-11H2,1H3/t12-,13+. The fourth-order valence-electron chi connectivity index (χ4n) is 2.36. The summed E-state index contributed by atoms with van der Waals surface area (Å²) in [5.41, 5.74) is 0. The van der Waals surface area contributed by atoms with Crippen LogP contribution < -0.4 is 0 Å². The van der Waals surface area contributed by atoms with Crippen molar-refractivity contribution in [1.29, 1.82) is 0 Å². The van der Waals surface area contributed by atoms with Gasteiger partial charge in [-0.05, 0) is 6.42 Å². The van der Waals surface area contributed by atoms with E-state index >= 15 is 0 Å². The molecule has 0 aromatic carbocycles. The van der Waals surface area contributed by atoms with E-state index in [2.05, 4.69) is 6.92 Å². The number of carbonyl (C=O) groups excluding carboxylic acids is 1. The molecule has 0 bridgehead atoms. The van der Waals surface area contributed by atoms with Crippen LogP contribution in [0.3, 0.4) is 0 Å². The van der Waals surface area contributed by atoms with Crippen LogP contribution in [0.25, 0.3) is 0 Å². The first-order chi connectivity index (χ1) is 8.65. The van der Waals surface area contributed by atoms with E-state index in [1.165, 1.54) is 32.1 Å². The average Bonchev–Trinajstić information content (AvgIpc) is 2.68. The van der Waals surface area contributed by atoms with E-state index in [0.29, 0.717) is 6.42 Å². The summed E-state index contributed by atoms with van der Waals surface area (Å²) < 4.78 is 0. The first kappa shape index (κ1) is 15.4. The zero-order valence-electron chi connectivity index (χ0n) is 11.5. The third-order valence-electron chi connectivity index (χ3n) is 3.61. The summed E-state index contributed by atoms with van der Waals surface area (Å²) in [6.07, 6.45) is 7.40. The Morgan fingerprint density at radius 2 is 1.50 bits per heavy atom. The first-order valence-electron chi connectivity index (χ1n) is 7.29. The van der Waals surface area contributed by atoms with Gasteiger partial charge in [-0.1, -0.05) is 45.4 Å². The summed E-state index contributed by atoms with van der Waals surface area (Å²) in [5, 5.41) is 18.7. The highest BCUT2D eigenvalue weighted by Crippen LogP contribution is 2.14. The number of likely N-dealkylation sites (tertiary alicyclic amines) is 1. The van der Waals surface area contributed by atoms with Crippen LogP contribution >= 0.6 is 0 Å². The number of aliphatic hydroxyl groups excluding tert-OH is 2. The molecule has 1 rings (SSSR count). The van der Waals surface area contributed by atoms with E-state index in [1.807, 2.05) is 0 Å². The van der Waals surface area contributed by atoms with Gasteiger partial charge < -0.3 is 15.1 Å². The Labute approximate surface area is 110 Å². The molecule has 18 heavy (non-hydrogen) atoms. The first-order valence-corrected chi connectivity index (χ1v) is 7.29. The number of nitrogens with zero attached hydrogens (tertiary/aromatic N) is 1. The van der Waals surface area contributed by atoms with E-state index < -0.39 is 12.2 Å². The van der Waals surface area contributed by atoms with Crippen molar-refractivity contribution in [3.05, 3.63) is 0 Å². The van der Waals surface area contributed by atoms with E-state index in [-0.39, 0.29) is 19.0 Å². The van der Waals surface area contributed by atoms with Crippen molar-refractivity contribution in [2.24, 2.45) is 0 Å². The maximum absolute atomic E-state index is 11.8. The average molecular weight is 257 g/mol. The Morgan fingerprint density at radius 3 is 2.06 bits per heavy atom. The maximum Gasteiger partial charge on any atom is 0.222 e. The molecular formula is C14H27NO3. The van der Waals surface area contributed by atoms with E-state index in [4.69, 9.17) is 0 Å². The predicted molar refractivity (Wildman–Crippen MR) is 71.2 cm³/mol. The van der Waals surface area contributed by atoms with Crippen molar-refractivity contribution in [3.8, 4) is 0 Å². The zero-order chi connectivity index (χ0) is 13.4. The lowest BCUT2D eigenvalue weighted by atomic mass is 10.1. The van der Waals surface area contributed by atoms with Crippen LogP contribution in [0.4, 0.5) is 0 Å². The normalized spacial score (nSPS) is 23.6. The minimum absolute atomic E-state index is 0.0687. The van der Waals surface area contributed by atoms with Crippen molar-refractivity contribution < 1.29 is 15.0 Å². The number of β-amino-alcohol motifs (C(OH)–C–C–N with tert-alkyl or cyclic N) is 2. The number of hydrogen-bond acceptors (Lipinski definition) is 3. The number of hydrogen-bond donors (Lipinski definition) is 2. The van der Waals surface area contributed by atoms with Crippen LogP contribution in [0.1, 0.15) is 58.3 Å². The molecule has 4 nitrogen and oxygen atoms in total. The summed E-state index contributed by atoms with van der Waals surface area (Å²) >= 11 is 0. The van der Waals surface area contributed by atoms with E-state index in [0.717, 1.165) is 12.8 Å². The number of amides is 1. The van der Waals surface area contributed by atoms with Crippen LogP contribution in [0.15, 0.2) is 0 Å². The van der Waals surface area contributed by atoms with Crippen molar-refractivity contribution in [2.45, 2.75) is 70.5 Å². The van der Waals surface area contributed by atoms with Gasteiger partial charge in [-0.25, -0.2) is 0 Å². The molecule has 0 aromatic rings. The fourth-order valence-corrected chi connectivity index (χ4v) is 2.36. The summed E-state index contributed by atoms with van der Waals surface area (Å²) in [5.74, 6) is 0.0687. The molecule has 0 aliphatic carbocycles. The van der Waals surface area contributed by atoms with Crippen LogP contribution in [-0.2, 0) is 4.79 Å². The van der Waals surface area contributed by atoms with Crippen LogP contribution in [-0.4, -0.2) is 46.3 Å². The topological polar surface area (TPSA) is 60.8 Å². The van der Waals surface area contributed by atoms with Gasteiger partial charge in [0.1, 0.15) is 0 Å². The Kier molecular flexibility index (Phi) is 7.28. The summed E-state index contributed by atoms with van der Waals surface area (Å²) in [6.45, 7) is 2.78. The molecule has 2 atom stereocenters. The number of unbranched alkanes of at least 4 members (excludes halogenated alkanes) is 6. The number of aliphatic hydroxyl groups is 2. The highest BCUT2D eigenvalue weighted by molar-refractivity contribution is 5.76. The molecule has 0 saturated carbocycles. The van der Waals surface area contributed by atoms with E-state index in [9.17, 15) is 15.0 Å². The van der Waals surface area contributed by atoms with Crippen molar-refractivity contribution in [1.82, 2.24) is 4.90 Å². The van der Waals surface area contributed by atoms with Gasteiger partial charge in [0, 0.05) is 19.5 Å². The Bertz CT molecular complexity index is 235. The summed E-state index contributed by atoms with van der Waals surface area (Å²) in [6, 6.07) is 0. The lowest BCUT2D eigenvalue weighted by Gasteiger charge is -2.14. The molecular weight excluding hydrogens is 230 g/mol. The molecule has 0 aromatic heterocycles. The largest absolute Gasteiger partial charge is 0.388 e. The lowest BCUT2D eigenvalue weighted by molar-refractivity contribution is -0.130. The van der Waals surface area contributed by atoms with Crippen LogP contribution in [0.2, 0.25) is 0 Å². The predicted octanol–water partition coefficient (Wildman–Crippen LogP) is 1.69. The van der Waals surface area contributed by atoms with Crippen molar-refractivity contribution >= 4 is 5.91 Å². The highest BCUT2D eigenvalue weighted by atomic mass is 16.3. The van der Waals surface area contributed by atoms with Gasteiger partial charge in [0.2, 0.25) is 5.91 Å². The maximum atomic E-state index is 11.8. The molecule has 1 saturated heterocycles. The Balaban J connectivity index is 2.00. The molecule has 1 amide bonds. The second-order valence-electron chi connectivity index (χ2n) is 5.30. The van der Waals surface area contributed by atoms with E-state index in [1.54, 1.807) is 4.90 Å². The SMILES string of the molecule is CCCCCCCCCC(=O)N1C[C@@H](O)[C@@H](O)C1. The minimum Gasteiger partial charge on any atom is -0.388 e. The quantitative estimate of drug-likeness (QED) is 0.651. The van der Waals surface area contributed by atoms with Crippen LogP contribution in [0, 0.1) is 0 Å². The third-order valence-corrected chi connectivity index (χ3v) is 3.61. The minimum atomic E-state index is -0.761. The summed E-state index contributed by atoms with van der Waals surface area (Å²) in [4.78, 5) is 13.4. The highest BCUT2D eigenvalue weighted by Gasteiger charge is 2.31. The second-order valence-corrected chi connectivity index (χ2v) is 5.30. The fraction of sp³-hybridized carbons (Fsp3) is 0.929. The molecule has 0 spiro atoms. The van der Waals surface area contributed by atoms with Gasteiger partial charge in [0.05, 0.1) is 12.2 Å². The smallest absolute Gasteiger partial charge is 0.222 e.